The summed E-state index contributed by atoms with van der Waals surface area (Å²) in [6, 6.07) is 8.32. The second-order valence-corrected chi connectivity index (χ2v) is 6.44. The Morgan fingerprint density at radius 2 is 1.78 bits per heavy atom. The average Bonchev–Trinajstić information content (AvgIpc) is 3.37. The van der Waals surface area contributed by atoms with E-state index in [1.54, 1.807) is 4.90 Å². The molecule has 23 heavy (non-hydrogen) atoms. The maximum Gasteiger partial charge on any atom is 0.409 e. The molecule has 124 valence electrons. The lowest BCUT2D eigenvalue weighted by atomic mass is 10.0. The highest BCUT2D eigenvalue weighted by molar-refractivity contribution is 5.83. The van der Waals surface area contributed by atoms with Crippen molar-refractivity contribution in [1.29, 1.82) is 0 Å². The topological polar surface area (TPSA) is 49.9 Å². The van der Waals surface area contributed by atoms with Crippen LogP contribution in [0.2, 0.25) is 0 Å². The summed E-state index contributed by atoms with van der Waals surface area (Å²) in [5, 5.41) is 0. The fourth-order valence-corrected chi connectivity index (χ4v) is 3.50. The molecule has 2 fully saturated rings. The molecule has 5 heteroatoms. The zero-order valence-corrected chi connectivity index (χ0v) is 13.8. The van der Waals surface area contributed by atoms with Gasteiger partial charge in [0.2, 0.25) is 5.91 Å². The molecule has 2 amide bonds. The lowest BCUT2D eigenvalue weighted by Gasteiger charge is -2.21. The van der Waals surface area contributed by atoms with Gasteiger partial charge in [-0.1, -0.05) is 24.3 Å². The molecule has 1 saturated heterocycles. The standard InChI is InChI=1S/C18H24N2O3/c1-13-6-3-4-7-14(13)15-12-16(15)17(21)19-8-5-9-20(11-10-19)18(22)23-2/h3-4,6-7,15-16H,5,8-12H2,1-2H3. The average molecular weight is 316 g/mol. The monoisotopic (exact) mass is 316 g/mol. The molecule has 1 aliphatic carbocycles. The third-order valence-corrected chi connectivity index (χ3v) is 4.94. The smallest absolute Gasteiger partial charge is 0.409 e. The van der Waals surface area contributed by atoms with Crippen LogP contribution in [0, 0.1) is 12.8 Å². The number of aryl methyl sites for hydroxylation is 1. The number of hydrogen-bond donors (Lipinski definition) is 0. The van der Waals surface area contributed by atoms with E-state index in [1.807, 2.05) is 17.0 Å². The van der Waals surface area contributed by atoms with Gasteiger partial charge in [-0.2, -0.15) is 0 Å². The molecule has 1 heterocycles. The summed E-state index contributed by atoms with van der Waals surface area (Å²) in [6.45, 7) is 4.64. The van der Waals surface area contributed by atoms with E-state index in [-0.39, 0.29) is 17.9 Å². The maximum absolute atomic E-state index is 12.7. The van der Waals surface area contributed by atoms with Gasteiger partial charge in [0.05, 0.1) is 7.11 Å². The first kappa shape index (κ1) is 15.8. The first-order valence-electron chi connectivity index (χ1n) is 8.29. The van der Waals surface area contributed by atoms with Crippen molar-refractivity contribution >= 4 is 12.0 Å². The molecule has 0 aromatic heterocycles. The molecule has 0 radical (unpaired) electrons. The van der Waals surface area contributed by atoms with Crippen LogP contribution in [0.4, 0.5) is 4.79 Å². The number of hydrogen-bond acceptors (Lipinski definition) is 3. The van der Waals surface area contributed by atoms with Crippen molar-refractivity contribution in [3.63, 3.8) is 0 Å². The summed E-state index contributed by atoms with van der Waals surface area (Å²) in [6.07, 6.45) is 1.45. The van der Waals surface area contributed by atoms with Crippen LogP contribution < -0.4 is 0 Å². The minimum Gasteiger partial charge on any atom is -0.453 e. The predicted molar refractivity (Wildman–Crippen MR) is 87.2 cm³/mol. The Labute approximate surface area is 137 Å². The fraction of sp³-hybridized carbons (Fsp3) is 0.556. The molecular weight excluding hydrogens is 292 g/mol. The SMILES string of the molecule is COC(=O)N1CCCN(C(=O)C2CC2c2ccccc2C)CC1. The van der Waals surface area contributed by atoms with E-state index in [0.29, 0.717) is 25.6 Å². The summed E-state index contributed by atoms with van der Waals surface area (Å²) < 4.78 is 4.77. The van der Waals surface area contributed by atoms with Crippen LogP contribution in [-0.4, -0.2) is 55.1 Å². The van der Waals surface area contributed by atoms with Crippen molar-refractivity contribution in [2.75, 3.05) is 33.3 Å². The van der Waals surface area contributed by atoms with E-state index in [9.17, 15) is 9.59 Å². The lowest BCUT2D eigenvalue weighted by Crippen LogP contribution is -2.38. The molecule has 1 aliphatic heterocycles. The Balaban J connectivity index is 1.60. The number of benzene rings is 1. The maximum atomic E-state index is 12.7. The number of methoxy groups -OCH3 is 1. The van der Waals surface area contributed by atoms with Crippen molar-refractivity contribution in [2.24, 2.45) is 5.92 Å². The molecule has 2 unspecified atom stereocenters. The Morgan fingerprint density at radius 1 is 1.09 bits per heavy atom. The summed E-state index contributed by atoms with van der Waals surface area (Å²) >= 11 is 0. The van der Waals surface area contributed by atoms with Gasteiger partial charge >= 0.3 is 6.09 Å². The predicted octanol–water partition coefficient (Wildman–Crippen LogP) is 2.40. The Bertz CT molecular complexity index is 602. The number of carbonyl (C=O) groups is 2. The van der Waals surface area contributed by atoms with Gasteiger partial charge in [0, 0.05) is 32.1 Å². The van der Waals surface area contributed by atoms with Crippen molar-refractivity contribution in [1.82, 2.24) is 9.80 Å². The Hall–Kier alpha value is -2.04. The highest BCUT2D eigenvalue weighted by Gasteiger charge is 2.46. The van der Waals surface area contributed by atoms with E-state index in [1.165, 1.54) is 18.2 Å². The molecule has 3 rings (SSSR count). The largest absolute Gasteiger partial charge is 0.453 e. The third kappa shape index (κ3) is 3.33. The van der Waals surface area contributed by atoms with Crippen molar-refractivity contribution in [2.45, 2.75) is 25.7 Å². The number of ether oxygens (including phenoxy) is 1. The Kier molecular flexibility index (Phi) is 4.55. The minimum atomic E-state index is -0.302. The van der Waals surface area contributed by atoms with Gasteiger partial charge in [-0.3, -0.25) is 4.79 Å². The van der Waals surface area contributed by atoms with Gasteiger partial charge in [0.25, 0.3) is 0 Å². The normalized spacial score (nSPS) is 24.1. The van der Waals surface area contributed by atoms with Crippen molar-refractivity contribution < 1.29 is 14.3 Å². The van der Waals surface area contributed by atoms with E-state index >= 15 is 0 Å². The molecule has 0 spiro atoms. The van der Waals surface area contributed by atoms with Crippen LogP contribution in [0.1, 0.15) is 29.9 Å². The summed E-state index contributed by atoms with van der Waals surface area (Å²) in [5.74, 6) is 0.717. The van der Waals surface area contributed by atoms with E-state index in [2.05, 4.69) is 19.1 Å². The second kappa shape index (κ2) is 6.60. The van der Waals surface area contributed by atoms with Gasteiger partial charge < -0.3 is 14.5 Å². The van der Waals surface area contributed by atoms with Crippen LogP contribution in [0.3, 0.4) is 0 Å². The quantitative estimate of drug-likeness (QED) is 0.842. The lowest BCUT2D eigenvalue weighted by molar-refractivity contribution is -0.132. The van der Waals surface area contributed by atoms with Crippen LogP contribution in [-0.2, 0) is 9.53 Å². The zero-order chi connectivity index (χ0) is 16.4. The van der Waals surface area contributed by atoms with E-state index in [0.717, 1.165) is 19.4 Å². The minimum absolute atomic E-state index is 0.112. The molecule has 1 aromatic carbocycles. The molecule has 0 N–H and O–H groups in total. The van der Waals surface area contributed by atoms with Gasteiger partial charge in [-0.25, -0.2) is 4.79 Å². The van der Waals surface area contributed by atoms with Gasteiger partial charge in [0.15, 0.2) is 0 Å². The summed E-state index contributed by atoms with van der Waals surface area (Å²) in [5.41, 5.74) is 2.57. The number of carbonyl (C=O) groups excluding carboxylic acids is 2. The van der Waals surface area contributed by atoms with Crippen molar-refractivity contribution in [3.8, 4) is 0 Å². The molecular formula is C18H24N2O3. The van der Waals surface area contributed by atoms with Crippen LogP contribution in [0.15, 0.2) is 24.3 Å². The first-order chi connectivity index (χ1) is 11.1. The van der Waals surface area contributed by atoms with Crippen LogP contribution in [0.25, 0.3) is 0 Å². The van der Waals surface area contributed by atoms with Gasteiger partial charge in [0.1, 0.15) is 0 Å². The number of amides is 2. The molecule has 0 bridgehead atoms. The fourth-order valence-electron chi connectivity index (χ4n) is 3.50. The molecule has 2 atom stereocenters. The zero-order valence-electron chi connectivity index (χ0n) is 13.8. The van der Waals surface area contributed by atoms with Crippen molar-refractivity contribution in [3.05, 3.63) is 35.4 Å². The van der Waals surface area contributed by atoms with E-state index < -0.39 is 0 Å². The van der Waals surface area contributed by atoms with Crippen LogP contribution >= 0.6 is 0 Å². The van der Waals surface area contributed by atoms with Gasteiger partial charge in [-0.15, -0.1) is 0 Å². The second-order valence-electron chi connectivity index (χ2n) is 6.44. The van der Waals surface area contributed by atoms with Crippen LogP contribution in [0.5, 0.6) is 0 Å². The highest BCUT2D eigenvalue weighted by atomic mass is 16.5. The summed E-state index contributed by atoms with van der Waals surface area (Å²) in [4.78, 5) is 28.0. The summed E-state index contributed by atoms with van der Waals surface area (Å²) in [7, 11) is 1.40. The number of rotatable bonds is 2. The molecule has 2 aliphatic rings. The van der Waals surface area contributed by atoms with E-state index in [4.69, 9.17) is 4.74 Å². The third-order valence-electron chi connectivity index (χ3n) is 4.94. The first-order valence-corrected chi connectivity index (χ1v) is 8.29. The molecule has 5 nitrogen and oxygen atoms in total. The molecule has 1 aromatic rings. The highest BCUT2D eigenvalue weighted by Crippen LogP contribution is 2.49. The molecule has 1 saturated carbocycles. The number of nitrogens with zero attached hydrogens (tertiary/aromatic N) is 2. The van der Waals surface area contributed by atoms with Gasteiger partial charge in [-0.05, 0) is 36.8 Å². The Morgan fingerprint density at radius 3 is 2.52 bits per heavy atom.